The number of amides is 1. The molecule has 0 saturated carbocycles. The summed E-state index contributed by atoms with van der Waals surface area (Å²) < 4.78 is 6.72. The molecular weight excluding hydrogens is 358 g/mol. The number of carbonyl (C=O) groups is 1. The quantitative estimate of drug-likeness (QED) is 0.580. The summed E-state index contributed by atoms with van der Waals surface area (Å²) in [6, 6.07) is 12.9. The van der Waals surface area contributed by atoms with Gasteiger partial charge in [-0.15, -0.1) is 0 Å². The molecule has 0 radical (unpaired) electrons. The van der Waals surface area contributed by atoms with E-state index in [0.29, 0.717) is 17.2 Å². The first-order valence-electron chi connectivity index (χ1n) is 8.67. The van der Waals surface area contributed by atoms with Gasteiger partial charge >= 0.3 is 0 Å². The second-order valence-corrected chi connectivity index (χ2v) is 6.40. The lowest BCUT2D eigenvalue weighted by molar-refractivity contribution is -0.115. The highest BCUT2D eigenvalue weighted by atomic mass is 16.5. The summed E-state index contributed by atoms with van der Waals surface area (Å²) >= 11 is 0. The van der Waals surface area contributed by atoms with Gasteiger partial charge in [0, 0.05) is 23.5 Å². The number of methoxy groups -OCH3 is 1. The van der Waals surface area contributed by atoms with Crippen LogP contribution in [0.2, 0.25) is 0 Å². The first-order chi connectivity index (χ1) is 13.7. The lowest BCUT2D eigenvalue weighted by Crippen LogP contribution is -2.39. The Morgan fingerprint density at radius 1 is 1.14 bits per heavy atom. The molecule has 1 aliphatic rings. The minimum Gasteiger partial charge on any atom is -0.493 e. The van der Waals surface area contributed by atoms with Crippen LogP contribution < -0.4 is 20.5 Å². The van der Waals surface area contributed by atoms with Crippen molar-refractivity contribution in [2.24, 2.45) is 0 Å². The minimum absolute atomic E-state index is 0.0521. The minimum atomic E-state index is -0.362. The second kappa shape index (κ2) is 6.05. The molecule has 5 rings (SSSR count). The Kier molecular flexibility index (Phi) is 3.51. The first kappa shape index (κ1) is 16.2. The van der Waals surface area contributed by atoms with Gasteiger partial charge in [0.15, 0.2) is 22.9 Å². The Labute approximate surface area is 159 Å². The van der Waals surface area contributed by atoms with Crippen LogP contribution in [0.15, 0.2) is 59.7 Å². The van der Waals surface area contributed by atoms with Crippen molar-refractivity contribution < 1.29 is 9.53 Å². The lowest BCUT2D eigenvalue weighted by Gasteiger charge is -2.29. The predicted molar refractivity (Wildman–Crippen MR) is 105 cm³/mol. The van der Waals surface area contributed by atoms with Gasteiger partial charge in [-0.25, -0.2) is 4.98 Å². The zero-order valence-corrected chi connectivity index (χ0v) is 14.9. The van der Waals surface area contributed by atoms with Crippen LogP contribution in [0.25, 0.3) is 16.6 Å². The molecule has 8 nitrogen and oxygen atoms in total. The lowest BCUT2D eigenvalue weighted by atomic mass is 10.1. The molecule has 1 aromatic carbocycles. The van der Waals surface area contributed by atoms with E-state index in [1.807, 2.05) is 30.3 Å². The van der Waals surface area contributed by atoms with Crippen LogP contribution in [0, 0.1) is 0 Å². The summed E-state index contributed by atoms with van der Waals surface area (Å²) in [5, 5.41) is 3.60. The fourth-order valence-corrected chi connectivity index (χ4v) is 3.43. The summed E-state index contributed by atoms with van der Waals surface area (Å²) in [6.45, 7) is 0.0521. The van der Waals surface area contributed by atoms with Gasteiger partial charge < -0.3 is 15.0 Å². The van der Waals surface area contributed by atoms with Gasteiger partial charge in [-0.2, -0.15) is 0 Å². The highest BCUT2D eigenvalue weighted by Gasteiger charge is 2.29. The number of ether oxygens (including phenoxy) is 1. The Balaban J connectivity index is 1.77. The van der Waals surface area contributed by atoms with Gasteiger partial charge in [0.05, 0.1) is 12.6 Å². The fourth-order valence-electron chi connectivity index (χ4n) is 3.43. The molecule has 0 spiro atoms. The molecule has 4 aromatic rings. The Hall–Kier alpha value is -3.94. The maximum atomic E-state index is 13.0. The molecule has 1 N–H and O–H groups in total. The van der Waals surface area contributed by atoms with Crippen LogP contribution in [-0.4, -0.2) is 33.9 Å². The largest absolute Gasteiger partial charge is 0.493 e. The molecular formula is C20H15N5O3. The molecule has 8 heteroatoms. The number of anilines is 3. The Bertz CT molecular complexity index is 1310. The van der Waals surface area contributed by atoms with Gasteiger partial charge in [0.1, 0.15) is 6.54 Å². The van der Waals surface area contributed by atoms with Crippen LogP contribution in [0.4, 0.5) is 17.2 Å². The zero-order chi connectivity index (χ0) is 19.3. The van der Waals surface area contributed by atoms with E-state index in [2.05, 4.69) is 15.3 Å². The Morgan fingerprint density at radius 3 is 2.89 bits per heavy atom. The molecule has 0 unspecified atom stereocenters. The maximum Gasteiger partial charge on any atom is 0.284 e. The topological polar surface area (TPSA) is 88.8 Å². The normalized spacial score (nSPS) is 13.5. The van der Waals surface area contributed by atoms with Crippen molar-refractivity contribution in [1.82, 2.24) is 14.4 Å². The molecule has 0 fully saturated rings. The van der Waals surface area contributed by atoms with Crippen LogP contribution in [0.3, 0.4) is 0 Å². The van der Waals surface area contributed by atoms with Crippen molar-refractivity contribution in [2.45, 2.75) is 0 Å². The second-order valence-electron chi connectivity index (χ2n) is 6.40. The summed E-state index contributed by atoms with van der Waals surface area (Å²) in [6.07, 6.45) is 3.33. The van der Waals surface area contributed by atoms with Gasteiger partial charge in [-0.3, -0.25) is 19.0 Å². The van der Waals surface area contributed by atoms with E-state index < -0.39 is 0 Å². The van der Waals surface area contributed by atoms with Crippen molar-refractivity contribution in [3.05, 3.63) is 65.2 Å². The van der Waals surface area contributed by atoms with E-state index in [9.17, 15) is 9.59 Å². The third-order valence-corrected chi connectivity index (χ3v) is 4.74. The standard InChI is InChI=1S/C20H15N5O3/c1-28-15-5-3-9-24-18(15)23-19-17(20(24)27)22-16(26)11-25(19)13-6-7-14-12(10-13)4-2-8-21-14/h2-10H,11H2,1H3,(H,22,26). The van der Waals surface area contributed by atoms with E-state index >= 15 is 0 Å². The number of hydrogen-bond acceptors (Lipinski definition) is 6. The molecule has 4 heterocycles. The van der Waals surface area contributed by atoms with E-state index in [-0.39, 0.29) is 23.7 Å². The number of nitrogens with one attached hydrogen (secondary N) is 1. The van der Waals surface area contributed by atoms with Crippen LogP contribution in [0.1, 0.15) is 0 Å². The maximum absolute atomic E-state index is 13.0. The smallest absolute Gasteiger partial charge is 0.284 e. The average molecular weight is 373 g/mol. The van der Waals surface area contributed by atoms with Crippen molar-refractivity contribution in [3.8, 4) is 5.75 Å². The third kappa shape index (κ3) is 2.38. The number of pyridine rings is 2. The van der Waals surface area contributed by atoms with Crippen molar-refractivity contribution >= 4 is 39.6 Å². The highest BCUT2D eigenvalue weighted by Crippen LogP contribution is 2.34. The van der Waals surface area contributed by atoms with Crippen molar-refractivity contribution in [2.75, 3.05) is 23.9 Å². The SMILES string of the molecule is COc1cccn2c(=O)c3c(nc12)N(c1ccc2ncccc2c1)CC(=O)N3. The van der Waals surface area contributed by atoms with Gasteiger partial charge in [0.2, 0.25) is 5.91 Å². The van der Waals surface area contributed by atoms with Gasteiger partial charge in [0.25, 0.3) is 5.56 Å². The van der Waals surface area contributed by atoms with E-state index in [1.54, 1.807) is 29.4 Å². The summed E-state index contributed by atoms with van der Waals surface area (Å²) in [7, 11) is 1.52. The molecule has 3 aromatic heterocycles. The van der Waals surface area contributed by atoms with Crippen LogP contribution >= 0.6 is 0 Å². The molecule has 1 aliphatic heterocycles. The number of hydrogen-bond donors (Lipinski definition) is 1. The number of carbonyl (C=O) groups excluding carboxylic acids is 1. The molecule has 0 aliphatic carbocycles. The molecule has 0 saturated heterocycles. The van der Waals surface area contributed by atoms with Crippen LogP contribution in [-0.2, 0) is 4.79 Å². The van der Waals surface area contributed by atoms with Crippen molar-refractivity contribution in [1.29, 1.82) is 0 Å². The number of benzene rings is 1. The van der Waals surface area contributed by atoms with Gasteiger partial charge in [-0.1, -0.05) is 6.07 Å². The van der Waals surface area contributed by atoms with Crippen molar-refractivity contribution in [3.63, 3.8) is 0 Å². The highest BCUT2D eigenvalue weighted by molar-refractivity contribution is 6.03. The number of aromatic nitrogens is 3. The summed E-state index contributed by atoms with van der Waals surface area (Å²) in [5.41, 5.74) is 1.77. The van der Waals surface area contributed by atoms with Crippen LogP contribution in [0.5, 0.6) is 5.75 Å². The number of fused-ring (bicyclic) bond motifs is 3. The Morgan fingerprint density at radius 2 is 2.04 bits per heavy atom. The molecule has 28 heavy (non-hydrogen) atoms. The predicted octanol–water partition coefficient (Wildman–Crippen LogP) is 2.34. The fraction of sp³-hybridized carbons (Fsp3) is 0.100. The third-order valence-electron chi connectivity index (χ3n) is 4.74. The monoisotopic (exact) mass is 373 g/mol. The number of rotatable bonds is 2. The summed E-state index contributed by atoms with van der Waals surface area (Å²) in [5.74, 6) is 0.583. The molecule has 0 bridgehead atoms. The zero-order valence-electron chi connectivity index (χ0n) is 14.9. The number of nitrogens with zero attached hydrogens (tertiary/aromatic N) is 4. The van der Waals surface area contributed by atoms with Gasteiger partial charge in [-0.05, 0) is 36.4 Å². The van der Waals surface area contributed by atoms with E-state index in [0.717, 1.165) is 16.6 Å². The average Bonchev–Trinajstić information content (AvgIpc) is 2.73. The first-order valence-corrected chi connectivity index (χ1v) is 8.67. The summed E-state index contributed by atoms with van der Waals surface area (Å²) in [4.78, 5) is 36.0. The van der Waals surface area contributed by atoms with E-state index in [1.165, 1.54) is 11.5 Å². The molecule has 0 atom stereocenters. The molecule has 138 valence electrons. The molecule has 1 amide bonds. The van der Waals surface area contributed by atoms with E-state index in [4.69, 9.17) is 4.74 Å².